The summed E-state index contributed by atoms with van der Waals surface area (Å²) in [6.07, 6.45) is 0. The van der Waals surface area contributed by atoms with E-state index in [-0.39, 0.29) is 18.1 Å². The fourth-order valence-corrected chi connectivity index (χ4v) is 3.38. The number of non-ortho nitro benzene ring substituents is 1. The Kier molecular flexibility index (Phi) is 7.87. The molecule has 1 aliphatic rings. The highest BCUT2D eigenvalue weighted by Crippen LogP contribution is 2.15. The molecule has 32 heavy (non-hydrogen) atoms. The lowest BCUT2D eigenvalue weighted by atomic mass is 10.1. The minimum Gasteiger partial charge on any atom is -0.347 e. The Bertz CT molecular complexity index is 974. The van der Waals surface area contributed by atoms with E-state index in [1.54, 1.807) is 11.0 Å². The summed E-state index contributed by atoms with van der Waals surface area (Å²) in [5, 5.41) is 16.1. The van der Waals surface area contributed by atoms with Gasteiger partial charge in [0.1, 0.15) is 0 Å². The zero-order chi connectivity index (χ0) is 22.9. The van der Waals surface area contributed by atoms with Crippen molar-refractivity contribution in [2.45, 2.75) is 6.54 Å². The Labute approximate surface area is 185 Å². The van der Waals surface area contributed by atoms with Crippen LogP contribution in [0.1, 0.15) is 15.9 Å². The first-order valence-corrected chi connectivity index (χ1v) is 10.3. The Hall–Kier alpha value is -3.79. The number of benzene rings is 2. The van der Waals surface area contributed by atoms with Crippen LogP contribution in [0, 0.1) is 10.1 Å². The molecule has 1 saturated heterocycles. The van der Waals surface area contributed by atoms with E-state index in [0.717, 1.165) is 5.56 Å². The fraction of sp³-hybridized carbons (Fsp3) is 0.318. The van der Waals surface area contributed by atoms with Gasteiger partial charge in [0.2, 0.25) is 0 Å². The lowest BCUT2D eigenvalue weighted by Gasteiger charge is -2.34. The topological polar surface area (TPSA) is 125 Å². The van der Waals surface area contributed by atoms with Crippen molar-refractivity contribution in [1.82, 2.24) is 20.4 Å². The normalized spacial score (nSPS) is 13.9. The zero-order valence-corrected chi connectivity index (χ0v) is 17.5. The van der Waals surface area contributed by atoms with Gasteiger partial charge in [0, 0.05) is 63.5 Å². The molecule has 10 nitrogen and oxygen atoms in total. The van der Waals surface area contributed by atoms with Crippen LogP contribution in [0.3, 0.4) is 0 Å². The number of nitrogens with one attached hydrogen (secondary N) is 2. The predicted octanol–water partition coefficient (Wildman–Crippen LogP) is 0.785. The van der Waals surface area contributed by atoms with Crippen LogP contribution in [0.5, 0.6) is 0 Å². The SMILES string of the molecule is O=C(NCCN1CCN(C(=O)c2cccc([N+](=O)[O-])c2)CC1)C(=O)NCc1ccccc1. The van der Waals surface area contributed by atoms with E-state index in [4.69, 9.17) is 0 Å². The number of hydrogen-bond acceptors (Lipinski definition) is 6. The Morgan fingerprint density at radius 2 is 1.59 bits per heavy atom. The van der Waals surface area contributed by atoms with Gasteiger partial charge in [-0.1, -0.05) is 36.4 Å². The van der Waals surface area contributed by atoms with Crippen LogP contribution in [-0.2, 0) is 16.1 Å². The summed E-state index contributed by atoms with van der Waals surface area (Å²) in [7, 11) is 0. The summed E-state index contributed by atoms with van der Waals surface area (Å²) in [4.78, 5) is 50.6. The van der Waals surface area contributed by atoms with Crippen LogP contribution in [0.4, 0.5) is 5.69 Å². The summed E-state index contributed by atoms with van der Waals surface area (Å²) in [5.74, 6) is -1.60. The van der Waals surface area contributed by atoms with E-state index in [1.165, 1.54) is 18.2 Å². The van der Waals surface area contributed by atoms with Gasteiger partial charge in [0.15, 0.2) is 0 Å². The second kappa shape index (κ2) is 11.0. The van der Waals surface area contributed by atoms with Crippen molar-refractivity contribution in [3.8, 4) is 0 Å². The molecule has 0 aliphatic carbocycles. The molecular formula is C22H25N5O5. The number of carbonyl (C=O) groups is 3. The smallest absolute Gasteiger partial charge is 0.309 e. The molecule has 2 N–H and O–H groups in total. The Balaban J connectivity index is 1.36. The number of nitrogens with zero attached hydrogens (tertiary/aromatic N) is 3. The third kappa shape index (κ3) is 6.35. The van der Waals surface area contributed by atoms with Crippen LogP contribution in [-0.4, -0.2) is 71.7 Å². The summed E-state index contributed by atoms with van der Waals surface area (Å²) < 4.78 is 0. The van der Waals surface area contributed by atoms with E-state index in [1.807, 2.05) is 30.3 Å². The number of hydrogen-bond donors (Lipinski definition) is 2. The van der Waals surface area contributed by atoms with Crippen molar-refractivity contribution >= 4 is 23.4 Å². The number of amides is 3. The van der Waals surface area contributed by atoms with Gasteiger partial charge in [-0.25, -0.2) is 0 Å². The highest BCUT2D eigenvalue weighted by atomic mass is 16.6. The summed E-state index contributed by atoms with van der Waals surface area (Å²) in [6.45, 7) is 3.33. The van der Waals surface area contributed by atoms with Crippen molar-refractivity contribution in [2.24, 2.45) is 0 Å². The second-order valence-corrected chi connectivity index (χ2v) is 7.37. The molecule has 3 rings (SSSR count). The molecule has 0 unspecified atom stereocenters. The second-order valence-electron chi connectivity index (χ2n) is 7.37. The van der Waals surface area contributed by atoms with E-state index in [9.17, 15) is 24.5 Å². The highest BCUT2D eigenvalue weighted by molar-refractivity contribution is 6.35. The average Bonchev–Trinajstić information content (AvgIpc) is 2.83. The third-order valence-corrected chi connectivity index (χ3v) is 5.18. The summed E-state index contributed by atoms with van der Waals surface area (Å²) >= 11 is 0. The van der Waals surface area contributed by atoms with Crippen LogP contribution < -0.4 is 10.6 Å². The molecule has 0 bridgehead atoms. The molecule has 1 heterocycles. The fourth-order valence-electron chi connectivity index (χ4n) is 3.38. The predicted molar refractivity (Wildman–Crippen MR) is 117 cm³/mol. The van der Waals surface area contributed by atoms with Crippen molar-refractivity contribution in [2.75, 3.05) is 39.3 Å². The molecule has 0 atom stereocenters. The van der Waals surface area contributed by atoms with Gasteiger partial charge in [-0.2, -0.15) is 0 Å². The van der Waals surface area contributed by atoms with Crippen LogP contribution in [0.2, 0.25) is 0 Å². The summed E-state index contributed by atoms with van der Waals surface area (Å²) in [6, 6.07) is 15.0. The molecule has 2 aromatic rings. The molecule has 0 saturated carbocycles. The minimum atomic E-state index is -0.680. The van der Waals surface area contributed by atoms with E-state index >= 15 is 0 Å². The maximum Gasteiger partial charge on any atom is 0.309 e. The average molecular weight is 439 g/mol. The molecular weight excluding hydrogens is 414 g/mol. The van der Waals surface area contributed by atoms with Crippen LogP contribution >= 0.6 is 0 Å². The van der Waals surface area contributed by atoms with Crippen molar-refractivity contribution in [3.63, 3.8) is 0 Å². The lowest BCUT2D eigenvalue weighted by molar-refractivity contribution is -0.384. The first kappa shape index (κ1) is 22.9. The highest BCUT2D eigenvalue weighted by Gasteiger charge is 2.23. The number of piperazine rings is 1. The molecule has 1 fully saturated rings. The van der Waals surface area contributed by atoms with Crippen LogP contribution in [0.25, 0.3) is 0 Å². The quantitative estimate of drug-likeness (QED) is 0.373. The van der Waals surface area contributed by atoms with Gasteiger partial charge in [0.05, 0.1) is 4.92 Å². The third-order valence-electron chi connectivity index (χ3n) is 5.18. The Morgan fingerprint density at radius 1 is 0.906 bits per heavy atom. The van der Waals surface area contributed by atoms with Gasteiger partial charge >= 0.3 is 11.8 Å². The number of nitro groups is 1. The zero-order valence-electron chi connectivity index (χ0n) is 17.5. The molecule has 0 spiro atoms. The molecule has 0 radical (unpaired) electrons. The molecule has 0 aromatic heterocycles. The number of carbonyl (C=O) groups excluding carboxylic acids is 3. The lowest BCUT2D eigenvalue weighted by Crippen LogP contribution is -2.50. The van der Waals surface area contributed by atoms with Crippen molar-refractivity contribution in [3.05, 3.63) is 75.8 Å². The van der Waals surface area contributed by atoms with Gasteiger partial charge in [-0.05, 0) is 11.6 Å². The molecule has 10 heteroatoms. The number of nitro benzene ring substituents is 1. The first-order chi connectivity index (χ1) is 15.4. The van der Waals surface area contributed by atoms with Gasteiger partial charge in [-0.3, -0.25) is 29.4 Å². The molecule has 1 aliphatic heterocycles. The van der Waals surface area contributed by atoms with Crippen LogP contribution in [0.15, 0.2) is 54.6 Å². The standard InChI is InChI=1S/C22H25N5O5/c28-20(21(29)24-16-17-5-2-1-3-6-17)23-9-10-25-11-13-26(14-12-25)22(30)18-7-4-8-19(15-18)27(31)32/h1-8,15H,9-14,16H2,(H,23,28)(H,24,29). The van der Waals surface area contributed by atoms with E-state index in [2.05, 4.69) is 15.5 Å². The van der Waals surface area contributed by atoms with Gasteiger partial charge < -0.3 is 15.5 Å². The van der Waals surface area contributed by atoms with E-state index < -0.39 is 16.7 Å². The largest absolute Gasteiger partial charge is 0.347 e. The van der Waals surface area contributed by atoms with Crippen molar-refractivity contribution < 1.29 is 19.3 Å². The Morgan fingerprint density at radius 3 is 2.28 bits per heavy atom. The summed E-state index contributed by atoms with van der Waals surface area (Å²) in [5.41, 5.74) is 1.09. The first-order valence-electron chi connectivity index (χ1n) is 10.3. The number of rotatable bonds is 7. The van der Waals surface area contributed by atoms with Crippen molar-refractivity contribution in [1.29, 1.82) is 0 Å². The minimum absolute atomic E-state index is 0.113. The van der Waals surface area contributed by atoms with E-state index in [0.29, 0.717) is 44.8 Å². The molecule has 2 aromatic carbocycles. The molecule has 3 amide bonds. The molecule has 168 valence electrons. The maximum absolute atomic E-state index is 12.6. The monoisotopic (exact) mass is 439 g/mol. The maximum atomic E-state index is 12.6. The van der Waals surface area contributed by atoms with Gasteiger partial charge in [0.25, 0.3) is 11.6 Å². The van der Waals surface area contributed by atoms with Gasteiger partial charge in [-0.15, -0.1) is 0 Å².